The number of nitriles is 1. The Bertz CT molecular complexity index is 691. The molecular formula is C16H18F3N3O2. The Balaban J connectivity index is 2.83. The molecule has 0 aliphatic carbocycles. The van der Waals surface area contributed by atoms with E-state index >= 15 is 0 Å². The Hall–Kier alpha value is -2.56. The monoisotopic (exact) mass is 341 g/mol. The maximum Gasteiger partial charge on any atom is 0.416 e. The van der Waals surface area contributed by atoms with Crippen LogP contribution in [0.5, 0.6) is 0 Å². The Morgan fingerprint density at radius 3 is 2.33 bits per heavy atom. The molecule has 1 aromatic rings. The molecular weight excluding hydrogens is 323 g/mol. The van der Waals surface area contributed by atoms with E-state index in [0.29, 0.717) is 0 Å². The number of alkyl halides is 3. The number of carbonyl (C=O) groups is 2. The highest BCUT2D eigenvalue weighted by Crippen LogP contribution is 2.32. The number of anilines is 1. The van der Waals surface area contributed by atoms with Crippen LogP contribution in [-0.4, -0.2) is 30.3 Å². The summed E-state index contributed by atoms with van der Waals surface area (Å²) in [6, 6.07) is 5.09. The van der Waals surface area contributed by atoms with Gasteiger partial charge in [-0.2, -0.15) is 18.4 Å². The number of benzene rings is 1. The van der Waals surface area contributed by atoms with Crippen LogP contribution in [0.2, 0.25) is 0 Å². The number of amides is 2. The van der Waals surface area contributed by atoms with Crippen molar-refractivity contribution in [3.63, 3.8) is 0 Å². The van der Waals surface area contributed by atoms with Crippen LogP contribution < -0.4 is 5.32 Å². The highest BCUT2D eigenvalue weighted by Gasteiger charge is 2.32. The summed E-state index contributed by atoms with van der Waals surface area (Å²) in [5, 5.41) is 11.2. The Labute approximate surface area is 138 Å². The van der Waals surface area contributed by atoms with Crippen LogP contribution in [0.4, 0.5) is 18.9 Å². The maximum absolute atomic E-state index is 12.7. The van der Waals surface area contributed by atoms with Gasteiger partial charge in [0.15, 0.2) is 0 Å². The lowest BCUT2D eigenvalue weighted by atomic mass is 9.95. The first-order valence-electron chi connectivity index (χ1n) is 7.03. The SMILES string of the molecule is Cc1cc(NC(=O)C(=O)N(C)CC(C)(C)C#N)ccc1C(F)(F)F. The number of hydrogen-bond acceptors (Lipinski definition) is 3. The van der Waals surface area contributed by atoms with Gasteiger partial charge in [-0.25, -0.2) is 0 Å². The van der Waals surface area contributed by atoms with Gasteiger partial charge in [-0.05, 0) is 44.5 Å². The maximum atomic E-state index is 12.7. The van der Waals surface area contributed by atoms with Crippen LogP contribution in [0.3, 0.4) is 0 Å². The van der Waals surface area contributed by atoms with Gasteiger partial charge in [0.05, 0.1) is 17.0 Å². The van der Waals surface area contributed by atoms with Crippen molar-refractivity contribution in [3.05, 3.63) is 29.3 Å². The van der Waals surface area contributed by atoms with E-state index in [-0.39, 0.29) is 17.8 Å². The van der Waals surface area contributed by atoms with Crippen LogP contribution >= 0.6 is 0 Å². The van der Waals surface area contributed by atoms with E-state index in [9.17, 15) is 22.8 Å². The number of hydrogen-bond donors (Lipinski definition) is 1. The molecule has 1 N–H and O–H groups in total. The van der Waals surface area contributed by atoms with Crippen molar-refractivity contribution in [1.29, 1.82) is 5.26 Å². The highest BCUT2D eigenvalue weighted by molar-refractivity contribution is 6.39. The zero-order chi connectivity index (χ0) is 18.7. The summed E-state index contributed by atoms with van der Waals surface area (Å²) in [5.41, 5.74) is -1.60. The van der Waals surface area contributed by atoms with Gasteiger partial charge in [-0.1, -0.05) is 0 Å². The molecule has 0 unspecified atom stereocenters. The lowest BCUT2D eigenvalue weighted by molar-refractivity contribution is -0.142. The molecule has 0 radical (unpaired) electrons. The summed E-state index contributed by atoms with van der Waals surface area (Å²) in [4.78, 5) is 25.0. The summed E-state index contributed by atoms with van der Waals surface area (Å²) in [6.45, 7) is 4.55. The smallest absolute Gasteiger partial charge is 0.336 e. The fourth-order valence-corrected chi connectivity index (χ4v) is 2.12. The molecule has 0 atom stereocenters. The van der Waals surface area contributed by atoms with E-state index < -0.39 is 29.0 Å². The number of likely N-dealkylation sites (N-methyl/N-ethyl adjacent to an activating group) is 1. The molecule has 5 nitrogen and oxygen atoms in total. The van der Waals surface area contributed by atoms with Gasteiger partial charge in [-0.3, -0.25) is 9.59 Å². The second-order valence-corrected chi connectivity index (χ2v) is 6.14. The van der Waals surface area contributed by atoms with Crippen molar-refractivity contribution in [1.82, 2.24) is 4.90 Å². The predicted octanol–water partition coefficient (Wildman–Crippen LogP) is 2.96. The molecule has 8 heteroatoms. The fraction of sp³-hybridized carbons (Fsp3) is 0.438. The average molecular weight is 341 g/mol. The van der Waals surface area contributed by atoms with Crippen molar-refractivity contribution in [2.24, 2.45) is 5.41 Å². The van der Waals surface area contributed by atoms with E-state index in [1.165, 1.54) is 14.0 Å². The van der Waals surface area contributed by atoms with Crippen LogP contribution in [0.15, 0.2) is 18.2 Å². The molecule has 0 saturated carbocycles. The van der Waals surface area contributed by atoms with Crippen LogP contribution in [0, 0.1) is 23.7 Å². The molecule has 130 valence electrons. The minimum absolute atomic E-state index is 0.0434. The second kappa shape index (κ2) is 6.91. The van der Waals surface area contributed by atoms with Crippen LogP contribution in [-0.2, 0) is 15.8 Å². The molecule has 24 heavy (non-hydrogen) atoms. The molecule has 0 saturated heterocycles. The van der Waals surface area contributed by atoms with Gasteiger partial charge in [0, 0.05) is 19.3 Å². The van der Waals surface area contributed by atoms with Gasteiger partial charge in [0.1, 0.15) is 0 Å². The van der Waals surface area contributed by atoms with Gasteiger partial charge >= 0.3 is 18.0 Å². The topological polar surface area (TPSA) is 73.2 Å². The normalized spacial score (nSPS) is 11.6. The van der Waals surface area contributed by atoms with Gasteiger partial charge in [0.2, 0.25) is 0 Å². The third-order valence-electron chi connectivity index (χ3n) is 3.27. The highest BCUT2D eigenvalue weighted by atomic mass is 19.4. The van der Waals surface area contributed by atoms with E-state index in [2.05, 4.69) is 5.32 Å². The predicted molar refractivity (Wildman–Crippen MR) is 81.8 cm³/mol. The van der Waals surface area contributed by atoms with Gasteiger partial charge < -0.3 is 10.2 Å². The number of aryl methyl sites for hydroxylation is 1. The van der Waals surface area contributed by atoms with Crippen molar-refractivity contribution >= 4 is 17.5 Å². The van der Waals surface area contributed by atoms with Crippen LogP contribution in [0.25, 0.3) is 0 Å². The third kappa shape index (κ3) is 4.98. The first-order chi connectivity index (χ1) is 10.9. The number of halogens is 3. The second-order valence-electron chi connectivity index (χ2n) is 6.14. The first kappa shape index (κ1) is 19.5. The largest absolute Gasteiger partial charge is 0.416 e. The molecule has 0 aliphatic heterocycles. The third-order valence-corrected chi connectivity index (χ3v) is 3.27. The zero-order valence-electron chi connectivity index (χ0n) is 13.8. The molecule has 0 fully saturated rings. The fourth-order valence-electron chi connectivity index (χ4n) is 2.12. The summed E-state index contributed by atoms with van der Waals surface area (Å²) in [6.07, 6.45) is -4.48. The van der Waals surface area contributed by atoms with E-state index in [4.69, 9.17) is 5.26 Å². The summed E-state index contributed by atoms with van der Waals surface area (Å²) >= 11 is 0. The minimum Gasteiger partial charge on any atom is -0.336 e. The van der Waals surface area contributed by atoms with Crippen LogP contribution in [0.1, 0.15) is 25.0 Å². The quantitative estimate of drug-likeness (QED) is 0.859. The number of nitrogens with zero attached hydrogens (tertiary/aromatic N) is 2. The molecule has 0 bridgehead atoms. The lowest BCUT2D eigenvalue weighted by Crippen LogP contribution is -2.41. The van der Waals surface area contributed by atoms with Crippen molar-refractivity contribution in [3.8, 4) is 6.07 Å². The molecule has 0 aliphatic rings. The lowest BCUT2D eigenvalue weighted by Gasteiger charge is -2.23. The van der Waals surface area contributed by atoms with E-state index in [1.54, 1.807) is 13.8 Å². The summed E-state index contributed by atoms with van der Waals surface area (Å²) < 4.78 is 38.1. The molecule has 0 spiro atoms. The van der Waals surface area contributed by atoms with Crippen molar-refractivity contribution in [2.45, 2.75) is 26.9 Å². The van der Waals surface area contributed by atoms with E-state index in [1.807, 2.05) is 6.07 Å². The van der Waals surface area contributed by atoms with Crippen molar-refractivity contribution < 1.29 is 22.8 Å². The summed E-state index contributed by atoms with van der Waals surface area (Å²) in [5.74, 6) is -1.86. The molecule has 1 aromatic carbocycles. The molecule has 1 rings (SSSR count). The molecule has 2 amide bonds. The first-order valence-corrected chi connectivity index (χ1v) is 7.03. The van der Waals surface area contributed by atoms with E-state index in [0.717, 1.165) is 23.1 Å². The summed E-state index contributed by atoms with van der Waals surface area (Å²) in [7, 11) is 1.37. The molecule has 0 heterocycles. The number of carbonyl (C=O) groups excluding carboxylic acids is 2. The Kier molecular flexibility index (Phi) is 5.61. The zero-order valence-corrected chi connectivity index (χ0v) is 13.8. The Morgan fingerprint density at radius 2 is 1.88 bits per heavy atom. The standard InChI is InChI=1S/C16H18F3N3O2/c1-10-7-11(5-6-12(10)16(17,18)19)21-13(23)14(24)22(4)9-15(2,3)8-20/h5-7H,9H2,1-4H3,(H,21,23). The molecule has 0 aromatic heterocycles. The van der Waals surface area contributed by atoms with Crippen molar-refractivity contribution in [2.75, 3.05) is 18.9 Å². The van der Waals surface area contributed by atoms with Gasteiger partial charge in [0.25, 0.3) is 0 Å². The van der Waals surface area contributed by atoms with Gasteiger partial charge in [-0.15, -0.1) is 0 Å². The average Bonchev–Trinajstić information content (AvgIpc) is 2.44. The number of nitrogens with one attached hydrogen (secondary N) is 1. The Morgan fingerprint density at radius 1 is 1.29 bits per heavy atom. The number of rotatable bonds is 3. The minimum atomic E-state index is -4.48.